The summed E-state index contributed by atoms with van der Waals surface area (Å²) in [5.41, 5.74) is 4.43. The van der Waals surface area contributed by atoms with Crippen molar-refractivity contribution in [2.24, 2.45) is 0 Å². The van der Waals surface area contributed by atoms with E-state index in [0.29, 0.717) is 11.5 Å². The van der Waals surface area contributed by atoms with E-state index in [4.69, 9.17) is 4.74 Å². The third kappa shape index (κ3) is 2.56. The van der Waals surface area contributed by atoms with Crippen LogP contribution in [0, 0.1) is 13.8 Å². The molecule has 1 atom stereocenters. The first-order valence-electron chi connectivity index (χ1n) is 6.53. The zero-order valence-corrected chi connectivity index (χ0v) is 11.4. The van der Waals surface area contributed by atoms with Gasteiger partial charge in [-0.25, -0.2) is 4.79 Å². The van der Waals surface area contributed by atoms with Crippen LogP contribution >= 0.6 is 0 Å². The van der Waals surface area contributed by atoms with Gasteiger partial charge in [-0.05, 0) is 68.0 Å². The predicted octanol–water partition coefficient (Wildman–Crippen LogP) is 2.56. The summed E-state index contributed by atoms with van der Waals surface area (Å²) < 4.78 is 4.82. The van der Waals surface area contributed by atoms with Gasteiger partial charge in [0.15, 0.2) is 0 Å². The van der Waals surface area contributed by atoms with Crippen LogP contribution in [-0.4, -0.2) is 26.2 Å². The topological polar surface area (TPSA) is 38.3 Å². The van der Waals surface area contributed by atoms with Gasteiger partial charge in [-0.3, -0.25) is 0 Å². The summed E-state index contributed by atoms with van der Waals surface area (Å²) in [6, 6.07) is 3.92. The molecule has 3 heteroatoms. The lowest BCUT2D eigenvalue weighted by Crippen LogP contribution is -2.29. The lowest BCUT2D eigenvalue weighted by atomic mass is 9.86. The van der Waals surface area contributed by atoms with E-state index in [1.165, 1.54) is 36.6 Å². The highest BCUT2D eigenvalue weighted by Gasteiger charge is 2.20. The van der Waals surface area contributed by atoms with Gasteiger partial charge >= 0.3 is 5.97 Å². The molecule has 1 aromatic rings. The van der Waals surface area contributed by atoms with Crippen LogP contribution in [0.4, 0.5) is 0 Å². The van der Waals surface area contributed by atoms with Crippen LogP contribution in [0.15, 0.2) is 12.1 Å². The number of esters is 1. The maximum Gasteiger partial charge on any atom is 0.337 e. The molecule has 1 aliphatic heterocycles. The van der Waals surface area contributed by atoms with Crippen LogP contribution in [0.5, 0.6) is 0 Å². The molecular weight excluding hydrogens is 226 g/mol. The Morgan fingerprint density at radius 1 is 1.39 bits per heavy atom. The molecule has 3 nitrogen and oxygen atoms in total. The zero-order valence-electron chi connectivity index (χ0n) is 11.4. The average molecular weight is 247 g/mol. The standard InChI is InChI=1S/C15H21NO2/c1-10-7-13(15(17)18-3)8-14(11(10)2)12-5-4-6-16-9-12/h7-8,12,16H,4-6,9H2,1-3H3. The zero-order chi connectivity index (χ0) is 13.1. The van der Waals surface area contributed by atoms with Gasteiger partial charge in [0.25, 0.3) is 0 Å². The van der Waals surface area contributed by atoms with Crippen LogP contribution in [0.25, 0.3) is 0 Å². The molecule has 2 rings (SSSR count). The molecule has 0 bridgehead atoms. The number of ether oxygens (including phenoxy) is 1. The van der Waals surface area contributed by atoms with E-state index in [-0.39, 0.29) is 5.97 Å². The summed E-state index contributed by atoms with van der Waals surface area (Å²) in [6.07, 6.45) is 2.39. The number of hydrogen-bond acceptors (Lipinski definition) is 3. The fraction of sp³-hybridized carbons (Fsp3) is 0.533. The van der Waals surface area contributed by atoms with E-state index in [1.807, 2.05) is 12.1 Å². The molecule has 1 fully saturated rings. The number of carbonyl (C=O) groups is 1. The Hall–Kier alpha value is -1.35. The highest BCUT2D eigenvalue weighted by molar-refractivity contribution is 5.90. The molecule has 1 saturated heterocycles. The van der Waals surface area contributed by atoms with Gasteiger partial charge in [-0.15, -0.1) is 0 Å². The quantitative estimate of drug-likeness (QED) is 0.816. The second-order valence-corrected chi connectivity index (χ2v) is 5.04. The minimum atomic E-state index is -0.247. The maximum absolute atomic E-state index is 11.7. The van der Waals surface area contributed by atoms with E-state index < -0.39 is 0 Å². The maximum atomic E-state index is 11.7. The normalized spacial score (nSPS) is 19.6. The van der Waals surface area contributed by atoms with Crippen molar-refractivity contribution < 1.29 is 9.53 Å². The number of benzene rings is 1. The first kappa shape index (κ1) is 13.1. The largest absolute Gasteiger partial charge is 0.465 e. The SMILES string of the molecule is COC(=O)c1cc(C)c(C)c(C2CCCNC2)c1. The van der Waals surface area contributed by atoms with Crippen molar-refractivity contribution in [2.75, 3.05) is 20.2 Å². The van der Waals surface area contributed by atoms with E-state index in [9.17, 15) is 4.79 Å². The number of carbonyl (C=O) groups excluding carboxylic acids is 1. The van der Waals surface area contributed by atoms with E-state index >= 15 is 0 Å². The monoisotopic (exact) mass is 247 g/mol. The fourth-order valence-electron chi connectivity index (χ4n) is 2.66. The molecule has 18 heavy (non-hydrogen) atoms. The van der Waals surface area contributed by atoms with Crippen molar-refractivity contribution in [3.05, 3.63) is 34.4 Å². The van der Waals surface area contributed by atoms with Gasteiger partial charge < -0.3 is 10.1 Å². The summed E-state index contributed by atoms with van der Waals surface area (Å²) in [7, 11) is 1.43. The number of methoxy groups -OCH3 is 1. The van der Waals surface area contributed by atoms with Crippen molar-refractivity contribution in [3.63, 3.8) is 0 Å². The Bertz CT molecular complexity index is 448. The molecule has 1 aromatic carbocycles. The molecule has 1 N–H and O–H groups in total. The Labute approximate surface area is 109 Å². The Morgan fingerprint density at radius 3 is 2.78 bits per heavy atom. The number of aryl methyl sites for hydroxylation is 1. The van der Waals surface area contributed by atoms with Crippen LogP contribution in [-0.2, 0) is 4.74 Å². The van der Waals surface area contributed by atoms with Crippen molar-refractivity contribution in [1.29, 1.82) is 0 Å². The van der Waals surface area contributed by atoms with Gasteiger partial charge in [0.05, 0.1) is 12.7 Å². The van der Waals surface area contributed by atoms with Crippen molar-refractivity contribution in [1.82, 2.24) is 5.32 Å². The third-order valence-electron chi connectivity index (χ3n) is 3.87. The van der Waals surface area contributed by atoms with Crippen molar-refractivity contribution in [3.8, 4) is 0 Å². The minimum absolute atomic E-state index is 0.247. The average Bonchev–Trinajstić information content (AvgIpc) is 2.41. The molecule has 0 saturated carbocycles. The molecule has 0 aromatic heterocycles. The summed E-state index contributed by atoms with van der Waals surface area (Å²) >= 11 is 0. The molecule has 1 unspecified atom stereocenters. The van der Waals surface area contributed by atoms with E-state index in [2.05, 4.69) is 19.2 Å². The first-order chi connectivity index (χ1) is 8.63. The van der Waals surface area contributed by atoms with Crippen molar-refractivity contribution in [2.45, 2.75) is 32.6 Å². The molecular formula is C15H21NO2. The molecule has 0 amide bonds. The highest BCUT2D eigenvalue weighted by atomic mass is 16.5. The van der Waals surface area contributed by atoms with E-state index in [0.717, 1.165) is 13.1 Å². The summed E-state index contributed by atoms with van der Waals surface area (Å²) in [4.78, 5) is 11.7. The van der Waals surface area contributed by atoms with Crippen LogP contribution < -0.4 is 5.32 Å². The fourth-order valence-corrected chi connectivity index (χ4v) is 2.66. The molecule has 1 aliphatic rings. The Kier molecular flexibility index (Phi) is 4.02. The number of rotatable bonds is 2. The van der Waals surface area contributed by atoms with Gasteiger partial charge in [-0.1, -0.05) is 0 Å². The number of hydrogen-bond donors (Lipinski definition) is 1. The molecule has 0 radical (unpaired) electrons. The molecule has 0 spiro atoms. The summed E-state index contributed by atoms with van der Waals surface area (Å²) in [5, 5.41) is 3.43. The van der Waals surface area contributed by atoms with Crippen molar-refractivity contribution >= 4 is 5.97 Å². The van der Waals surface area contributed by atoms with Crippen LogP contribution in [0.3, 0.4) is 0 Å². The summed E-state index contributed by atoms with van der Waals surface area (Å²) in [5.74, 6) is 0.269. The van der Waals surface area contributed by atoms with Gasteiger partial charge in [0.2, 0.25) is 0 Å². The lowest BCUT2D eigenvalue weighted by molar-refractivity contribution is 0.0600. The van der Waals surface area contributed by atoms with Crippen LogP contribution in [0.2, 0.25) is 0 Å². The van der Waals surface area contributed by atoms with Crippen LogP contribution in [0.1, 0.15) is 45.8 Å². The number of nitrogens with one attached hydrogen (secondary N) is 1. The molecule has 1 heterocycles. The Balaban J connectivity index is 2.38. The summed E-state index contributed by atoms with van der Waals surface area (Å²) in [6.45, 7) is 6.30. The smallest absolute Gasteiger partial charge is 0.337 e. The second-order valence-electron chi connectivity index (χ2n) is 5.04. The Morgan fingerprint density at radius 2 is 2.17 bits per heavy atom. The molecule has 0 aliphatic carbocycles. The van der Waals surface area contributed by atoms with Gasteiger partial charge in [-0.2, -0.15) is 0 Å². The second kappa shape index (κ2) is 5.53. The third-order valence-corrected chi connectivity index (χ3v) is 3.87. The van der Waals surface area contributed by atoms with Gasteiger partial charge in [0, 0.05) is 6.54 Å². The lowest BCUT2D eigenvalue weighted by Gasteiger charge is -2.25. The van der Waals surface area contributed by atoms with E-state index in [1.54, 1.807) is 0 Å². The van der Waals surface area contributed by atoms with Gasteiger partial charge in [0.1, 0.15) is 0 Å². The molecule has 98 valence electrons. The minimum Gasteiger partial charge on any atom is -0.465 e. The number of piperidine rings is 1. The predicted molar refractivity (Wildman–Crippen MR) is 72.1 cm³/mol. The first-order valence-corrected chi connectivity index (χ1v) is 6.53. The highest BCUT2D eigenvalue weighted by Crippen LogP contribution is 2.29.